The van der Waals surface area contributed by atoms with Gasteiger partial charge >= 0.3 is 0 Å². The van der Waals surface area contributed by atoms with Gasteiger partial charge in [0.1, 0.15) is 0 Å². The Morgan fingerprint density at radius 1 is 1.24 bits per heavy atom. The third kappa shape index (κ3) is 3.03. The van der Waals surface area contributed by atoms with E-state index in [0.29, 0.717) is 10.6 Å². The highest BCUT2D eigenvalue weighted by Gasteiger charge is 2.15. The predicted octanol–water partition coefficient (Wildman–Crippen LogP) is 3.80. The molecule has 0 unspecified atom stereocenters. The van der Waals surface area contributed by atoms with Crippen LogP contribution in [-0.2, 0) is 6.42 Å². The number of fused-ring (bicyclic) bond motifs is 1. The van der Waals surface area contributed by atoms with E-state index in [1.165, 1.54) is 5.56 Å². The van der Waals surface area contributed by atoms with E-state index in [0.717, 1.165) is 24.2 Å². The quantitative estimate of drug-likeness (QED) is 0.905. The lowest BCUT2D eigenvalue weighted by atomic mass is 10.1. The Morgan fingerprint density at radius 2 is 2.00 bits per heavy atom. The number of rotatable bonds is 3. The molecule has 0 saturated carbocycles. The number of hydrogen-bond acceptors (Lipinski definition) is 2. The normalized spacial score (nSPS) is 14.2. The first-order valence-corrected chi connectivity index (χ1v) is 7.44. The van der Waals surface area contributed by atoms with Gasteiger partial charge in [-0.15, -0.1) is 0 Å². The molecule has 1 amide bonds. The minimum atomic E-state index is -0.0545. The van der Waals surface area contributed by atoms with Crippen LogP contribution in [0.1, 0.15) is 34.5 Å². The van der Waals surface area contributed by atoms with Crippen molar-refractivity contribution in [2.75, 3.05) is 11.9 Å². The topological polar surface area (TPSA) is 41.1 Å². The van der Waals surface area contributed by atoms with Gasteiger partial charge in [-0.2, -0.15) is 0 Å². The summed E-state index contributed by atoms with van der Waals surface area (Å²) >= 11 is 5.88. The van der Waals surface area contributed by atoms with Crippen molar-refractivity contribution in [1.29, 1.82) is 0 Å². The van der Waals surface area contributed by atoms with E-state index in [-0.39, 0.29) is 11.9 Å². The highest BCUT2D eigenvalue weighted by atomic mass is 35.5. The van der Waals surface area contributed by atoms with Crippen LogP contribution in [0.3, 0.4) is 0 Å². The van der Waals surface area contributed by atoms with Crippen LogP contribution in [0.4, 0.5) is 5.69 Å². The molecule has 3 nitrogen and oxygen atoms in total. The smallest absolute Gasteiger partial charge is 0.251 e. The standard InChI is InChI=1S/C17H17ClN2O/c1-11(12-2-5-15(18)6-3-12)20-17(21)14-4-7-16-13(10-14)8-9-19-16/h2-7,10-11,19H,8-9H2,1H3,(H,20,21)/t11-/m0/s1. The van der Waals surface area contributed by atoms with E-state index in [9.17, 15) is 4.79 Å². The van der Waals surface area contributed by atoms with Crippen LogP contribution in [0.15, 0.2) is 42.5 Å². The molecule has 1 heterocycles. The Morgan fingerprint density at radius 3 is 2.76 bits per heavy atom. The molecule has 21 heavy (non-hydrogen) atoms. The van der Waals surface area contributed by atoms with Gasteiger partial charge in [0.2, 0.25) is 0 Å². The summed E-state index contributed by atoms with van der Waals surface area (Å²) in [5.74, 6) is -0.0489. The van der Waals surface area contributed by atoms with E-state index in [1.54, 1.807) is 0 Å². The highest BCUT2D eigenvalue weighted by Crippen LogP contribution is 2.23. The summed E-state index contributed by atoms with van der Waals surface area (Å²) in [5, 5.41) is 7.01. The molecule has 0 fully saturated rings. The molecule has 2 aromatic carbocycles. The molecule has 108 valence electrons. The van der Waals surface area contributed by atoms with Crippen molar-refractivity contribution in [2.24, 2.45) is 0 Å². The van der Waals surface area contributed by atoms with Crippen molar-refractivity contribution < 1.29 is 4.79 Å². The van der Waals surface area contributed by atoms with Crippen LogP contribution in [0.2, 0.25) is 5.02 Å². The fraction of sp³-hybridized carbons (Fsp3) is 0.235. The Labute approximate surface area is 129 Å². The Kier molecular flexibility index (Phi) is 3.84. The second kappa shape index (κ2) is 5.78. The number of anilines is 1. The van der Waals surface area contributed by atoms with Crippen molar-refractivity contribution in [3.05, 3.63) is 64.2 Å². The van der Waals surface area contributed by atoms with E-state index in [1.807, 2.05) is 49.4 Å². The zero-order chi connectivity index (χ0) is 14.8. The lowest BCUT2D eigenvalue weighted by molar-refractivity contribution is 0.0940. The molecule has 1 atom stereocenters. The van der Waals surface area contributed by atoms with Gasteiger partial charge in [0, 0.05) is 22.8 Å². The minimum absolute atomic E-state index is 0.0489. The molecule has 4 heteroatoms. The fourth-order valence-corrected chi connectivity index (χ4v) is 2.69. The number of halogens is 1. The molecule has 1 aliphatic rings. The van der Waals surface area contributed by atoms with Crippen molar-refractivity contribution in [2.45, 2.75) is 19.4 Å². The monoisotopic (exact) mass is 300 g/mol. The molecular formula is C17H17ClN2O. The minimum Gasteiger partial charge on any atom is -0.384 e. The highest BCUT2D eigenvalue weighted by molar-refractivity contribution is 6.30. The summed E-state index contributed by atoms with van der Waals surface area (Å²) in [4.78, 5) is 12.3. The summed E-state index contributed by atoms with van der Waals surface area (Å²) in [6.45, 7) is 2.91. The average molecular weight is 301 g/mol. The summed E-state index contributed by atoms with van der Waals surface area (Å²) < 4.78 is 0. The lowest BCUT2D eigenvalue weighted by Gasteiger charge is -2.15. The summed E-state index contributed by atoms with van der Waals surface area (Å²) in [5.41, 5.74) is 4.09. The SMILES string of the molecule is C[C@H](NC(=O)c1ccc2c(c1)CCN2)c1ccc(Cl)cc1. The van der Waals surface area contributed by atoms with Crippen LogP contribution in [0.5, 0.6) is 0 Å². The molecule has 0 spiro atoms. The van der Waals surface area contributed by atoms with Gasteiger partial charge in [0.15, 0.2) is 0 Å². The van der Waals surface area contributed by atoms with Crippen LogP contribution in [-0.4, -0.2) is 12.5 Å². The molecule has 1 aliphatic heterocycles. The summed E-state index contributed by atoms with van der Waals surface area (Å²) in [6, 6.07) is 13.3. The third-order valence-electron chi connectivity index (χ3n) is 3.79. The molecule has 0 saturated heterocycles. The number of nitrogens with one attached hydrogen (secondary N) is 2. The second-order valence-electron chi connectivity index (χ2n) is 5.30. The maximum Gasteiger partial charge on any atom is 0.251 e. The van der Waals surface area contributed by atoms with Gasteiger partial charge in [0.25, 0.3) is 5.91 Å². The first kappa shape index (κ1) is 14.0. The maximum atomic E-state index is 12.3. The van der Waals surface area contributed by atoms with Gasteiger partial charge in [-0.1, -0.05) is 23.7 Å². The molecule has 0 bridgehead atoms. The summed E-state index contributed by atoms with van der Waals surface area (Å²) in [7, 11) is 0. The molecule has 0 aliphatic carbocycles. The Balaban J connectivity index is 1.72. The van der Waals surface area contributed by atoms with Crippen molar-refractivity contribution in [1.82, 2.24) is 5.32 Å². The van der Waals surface area contributed by atoms with E-state index >= 15 is 0 Å². The van der Waals surface area contributed by atoms with E-state index in [2.05, 4.69) is 10.6 Å². The molecule has 3 rings (SSSR count). The van der Waals surface area contributed by atoms with Crippen molar-refractivity contribution in [3.8, 4) is 0 Å². The molecular weight excluding hydrogens is 284 g/mol. The zero-order valence-corrected chi connectivity index (χ0v) is 12.6. The van der Waals surface area contributed by atoms with Crippen LogP contribution in [0.25, 0.3) is 0 Å². The number of carbonyl (C=O) groups excluding carboxylic acids is 1. The lowest BCUT2D eigenvalue weighted by Crippen LogP contribution is -2.26. The average Bonchev–Trinajstić information content (AvgIpc) is 2.95. The van der Waals surface area contributed by atoms with Gasteiger partial charge in [-0.25, -0.2) is 0 Å². The first-order valence-electron chi connectivity index (χ1n) is 7.06. The molecule has 2 N–H and O–H groups in total. The predicted molar refractivity (Wildman–Crippen MR) is 86.0 cm³/mol. The largest absolute Gasteiger partial charge is 0.384 e. The number of carbonyl (C=O) groups is 1. The molecule has 0 aromatic heterocycles. The van der Waals surface area contributed by atoms with Gasteiger partial charge in [0.05, 0.1) is 6.04 Å². The summed E-state index contributed by atoms with van der Waals surface area (Å²) in [6.07, 6.45) is 0.975. The van der Waals surface area contributed by atoms with E-state index < -0.39 is 0 Å². The van der Waals surface area contributed by atoms with Crippen molar-refractivity contribution >= 4 is 23.2 Å². The van der Waals surface area contributed by atoms with Crippen molar-refractivity contribution in [3.63, 3.8) is 0 Å². The Hall–Kier alpha value is -2.00. The van der Waals surface area contributed by atoms with Gasteiger partial charge in [-0.05, 0) is 54.8 Å². The first-order chi connectivity index (χ1) is 10.1. The van der Waals surface area contributed by atoms with Gasteiger partial charge < -0.3 is 10.6 Å². The second-order valence-corrected chi connectivity index (χ2v) is 5.73. The fourth-order valence-electron chi connectivity index (χ4n) is 2.56. The maximum absolute atomic E-state index is 12.3. The third-order valence-corrected chi connectivity index (χ3v) is 4.05. The van der Waals surface area contributed by atoms with Crippen LogP contribution < -0.4 is 10.6 Å². The number of benzene rings is 2. The van der Waals surface area contributed by atoms with Crippen LogP contribution >= 0.6 is 11.6 Å². The zero-order valence-electron chi connectivity index (χ0n) is 11.8. The van der Waals surface area contributed by atoms with E-state index in [4.69, 9.17) is 11.6 Å². The number of amides is 1. The molecule has 0 radical (unpaired) electrons. The Bertz CT molecular complexity index is 667. The molecule has 2 aromatic rings. The number of hydrogen-bond donors (Lipinski definition) is 2. The van der Waals surface area contributed by atoms with Gasteiger partial charge in [-0.3, -0.25) is 4.79 Å². The van der Waals surface area contributed by atoms with Crippen LogP contribution in [0, 0.1) is 0 Å².